The largest absolute Gasteiger partial charge is 0.493 e. The zero-order chi connectivity index (χ0) is 15.5. The van der Waals surface area contributed by atoms with Crippen LogP contribution in [0.4, 0.5) is 0 Å². The van der Waals surface area contributed by atoms with Crippen molar-refractivity contribution >= 4 is 21.7 Å². The van der Waals surface area contributed by atoms with Gasteiger partial charge >= 0.3 is 0 Å². The lowest BCUT2D eigenvalue weighted by Gasteiger charge is -2.16. The molecule has 2 aromatic rings. The highest BCUT2D eigenvalue weighted by molar-refractivity contribution is 9.09. The minimum absolute atomic E-state index is 0.0298. The van der Waals surface area contributed by atoms with Crippen molar-refractivity contribution in [2.24, 2.45) is 0 Å². The topological polar surface area (TPSA) is 35.5 Å². The van der Waals surface area contributed by atoms with Crippen molar-refractivity contribution in [1.29, 1.82) is 0 Å². The molecule has 3 rings (SSSR count). The van der Waals surface area contributed by atoms with Gasteiger partial charge in [-0.05, 0) is 29.3 Å². The number of benzene rings is 2. The Bertz CT molecular complexity index is 671. The minimum atomic E-state index is 0.0298. The maximum atomic E-state index is 11.8. The summed E-state index contributed by atoms with van der Waals surface area (Å²) < 4.78 is 11.5. The molecule has 0 heterocycles. The molecular weight excluding hydrogens is 344 g/mol. The van der Waals surface area contributed by atoms with Crippen LogP contribution in [-0.2, 0) is 12.8 Å². The predicted octanol–water partition coefficient (Wildman–Crippen LogP) is 3.82. The maximum Gasteiger partial charge on any atom is 0.173 e. The normalized spacial score (nSPS) is 13.7. The molecule has 0 amide bonds. The Morgan fingerprint density at radius 3 is 2.41 bits per heavy atom. The fraction of sp³-hybridized carbons (Fsp3) is 0.278. The number of hydrogen-bond donors (Lipinski definition) is 0. The number of ether oxygens (including phenoxy) is 2. The van der Waals surface area contributed by atoms with Gasteiger partial charge in [0.05, 0.1) is 12.4 Å². The first-order valence-electron chi connectivity index (χ1n) is 7.22. The van der Waals surface area contributed by atoms with Crippen molar-refractivity contribution in [3.8, 4) is 11.5 Å². The van der Waals surface area contributed by atoms with Crippen molar-refractivity contribution in [1.82, 2.24) is 0 Å². The van der Waals surface area contributed by atoms with E-state index in [1.807, 2.05) is 0 Å². The van der Waals surface area contributed by atoms with Gasteiger partial charge in [0.2, 0.25) is 0 Å². The Morgan fingerprint density at radius 2 is 1.82 bits per heavy atom. The second-order valence-electron chi connectivity index (χ2n) is 5.34. The molecule has 4 heteroatoms. The second kappa shape index (κ2) is 6.53. The van der Waals surface area contributed by atoms with Gasteiger partial charge in [-0.15, -0.1) is 0 Å². The smallest absolute Gasteiger partial charge is 0.173 e. The fourth-order valence-electron chi connectivity index (χ4n) is 2.80. The van der Waals surface area contributed by atoms with Crippen LogP contribution in [0, 0.1) is 0 Å². The number of carbonyl (C=O) groups excluding carboxylic acids is 1. The molecule has 0 fully saturated rings. The third-order valence-electron chi connectivity index (χ3n) is 3.91. The summed E-state index contributed by atoms with van der Waals surface area (Å²) >= 11 is 3.20. The van der Waals surface area contributed by atoms with E-state index in [1.165, 1.54) is 11.1 Å². The molecule has 0 aromatic heterocycles. The van der Waals surface area contributed by atoms with E-state index in [0.29, 0.717) is 22.4 Å². The number of methoxy groups -OCH3 is 1. The van der Waals surface area contributed by atoms with Gasteiger partial charge < -0.3 is 9.47 Å². The quantitative estimate of drug-likeness (QED) is 0.600. The van der Waals surface area contributed by atoms with Gasteiger partial charge in [-0.2, -0.15) is 0 Å². The first-order valence-corrected chi connectivity index (χ1v) is 8.34. The molecule has 0 spiro atoms. The van der Waals surface area contributed by atoms with Crippen LogP contribution in [0.25, 0.3) is 0 Å². The molecule has 2 aromatic carbocycles. The molecule has 0 atom stereocenters. The Morgan fingerprint density at radius 1 is 1.14 bits per heavy atom. The summed E-state index contributed by atoms with van der Waals surface area (Å²) in [5, 5.41) is 0.299. The molecule has 0 radical (unpaired) electrons. The molecule has 3 nitrogen and oxygen atoms in total. The van der Waals surface area contributed by atoms with E-state index in [1.54, 1.807) is 25.3 Å². The molecule has 0 bridgehead atoms. The number of fused-ring (bicyclic) bond motifs is 1. The van der Waals surface area contributed by atoms with E-state index < -0.39 is 0 Å². The molecule has 114 valence electrons. The summed E-state index contributed by atoms with van der Waals surface area (Å²) in [6.45, 7) is 0. The SMILES string of the molecule is COc1ccc(C(=O)CBr)cc1OC1Cc2ccccc2C1. The summed E-state index contributed by atoms with van der Waals surface area (Å²) in [6.07, 6.45) is 1.85. The number of carbonyl (C=O) groups is 1. The molecule has 22 heavy (non-hydrogen) atoms. The van der Waals surface area contributed by atoms with Crippen LogP contribution in [0.15, 0.2) is 42.5 Å². The Kier molecular flexibility index (Phi) is 4.48. The lowest BCUT2D eigenvalue weighted by molar-refractivity contribution is 0.102. The van der Waals surface area contributed by atoms with E-state index in [0.717, 1.165) is 12.8 Å². The summed E-state index contributed by atoms with van der Waals surface area (Å²) in [5.41, 5.74) is 3.29. The number of rotatable bonds is 5. The van der Waals surface area contributed by atoms with Crippen LogP contribution in [0.2, 0.25) is 0 Å². The van der Waals surface area contributed by atoms with E-state index in [2.05, 4.69) is 40.2 Å². The van der Waals surface area contributed by atoms with E-state index in [-0.39, 0.29) is 11.9 Å². The molecule has 0 saturated carbocycles. The van der Waals surface area contributed by atoms with Gasteiger partial charge in [-0.3, -0.25) is 4.79 Å². The number of halogens is 1. The molecular formula is C18H17BrO3. The first-order chi connectivity index (χ1) is 10.7. The second-order valence-corrected chi connectivity index (χ2v) is 5.90. The monoisotopic (exact) mass is 360 g/mol. The van der Waals surface area contributed by atoms with Crippen molar-refractivity contribution in [2.45, 2.75) is 18.9 Å². The number of Topliss-reactive ketones (excluding diaryl/α,β-unsaturated/α-hetero) is 1. The summed E-state index contributed by atoms with van der Waals surface area (Å²) in [6, 6.07) is 13.7. The highest BCUT2D eigenvalue weighted by atomic mass is 79.9. The Balaban J connectivity index is 1.81. The van der Waals surface area contributed by atoms with Crippen molar-refractivity contribution in [3.05, 3.63) is 59.2 Å². The summed E-state index contributed by atoms with van der Waals surface area (Å²) in [4.78, 5) is 11.8. The van der Waals surface area contributed by atoms with Gasteiger partial charge in [0.25, 0.3) is 0 Å². The van der Waals surface area contributed by atoms with Gasteiger partial charge in [-0.1, -0.05) is 40.2 Å². The maximum absolute atomic E-state index is 11.8. The molecule has 0 unspecified atom stereocenters. The average Bonchev–Trinajstić information content (AvgIpc) is 2.96. The van der Waals surface area contributed by atoms with Crippen LogP contribution in [0.5, 0.6) is 11.5 Å². The Labute approximate surface area is 138 Å². The molecule has 1 aliphatic rings. The van der Waals surface area contributed by atoms with Gasteiger partial charge in [0, 0.05) is 18.4 Å². The molecule has 1 aliphatic carbocycles. The standard InChI is InChI=1S/C18H17BrO3/c1-21-17-7-6-14(16(20)11-19)10-18(17)22-15-8-12-4-2-3-5-13(12)9-15/h2-7,10,15H,8-9,11H2,1H3. The van der Waals surface area contributed by atoms with E-state index in [4.69, 9.17) is 9.47 Å². The summed E-state index contributed by atoms with van der Waals surface area (Å²) in [7, 11) is 1.61. The van der Waals surface area contributed by atoms with E-state index >= 15 is 0 Å². The summed E-state index contributed by atoms with van der Waals surface area (Å²) in [5.74, 6) is 1.32. The third-order valence-corrected chi connectivity index (χ3v) is 4.42. The van der Waals surface area contributed by atoms with Crippen LogP contribution < -0.4 is 9.47 Å². The van der Waals surface area contributed by atoms with Gasteiger partial charge in [0.1, 0.15) is 6.10 Å². The number of hydrogen-bond acceptors (Lipinski definition) is 3. The number of alkyl halides is 1. The zero-order valence-electron chi connectivity index (χ0n) is 12.3. The van der Waals surface area contributed by atoms with Gasteiger partial charge in [0.15, 0.2) is 17.3 Å². The highest BCUT2D eigenvalue weighted by Gasteiger charge is 2.23. The van der Waals surface area contributed by atoms with Crippen LogP contribution in [-0.4, -0.2) is 24.3 Å². The fourth-order valence-corrected chi connectivity index (χ4v) is 3.12. The van der Waals surface area contributed by atoms with E-state index in [9.17, 15) is 4.79 Å². The third kappa shape index (κ3) is 3.02. The van der Waals surface area contributed by atoms with Crippen molar-refractivity contribution < 1.29 is 14.3 Å². The van der Waals surface area contributed by atoms with Crippen molar-refractivity contribution in [2.75, 3.05) is 12.4 Å². The van der Waals surface area contributed by atoms with Crippen LogP contribution in [0.3, 0.4) is 0 Å². The van der Waals surface area contributed by atoms with Crippen LogP contribution >= 0.6 is 15.9 Å². The Hall–Kier alpha value is -1.81. The van der Waals surface area contributed by atoms with Gasteiger partial charge in [-0.25, -0.2) is 0 Å². The minimum Gasteiger partial charge on any atom is -0.493 e. The molecule has 0 saturated heterocycles. The lowest BCUT2D eigenvalue weighted by Crippen LogP contribution is -2.17. The molecule has 0 aliphatic heterocycles. The van der Waals surface area contributed by atoms with Crippen molar-refractivity contribution in [3.63, 3.8) is 0 Å². The highest BCUT2D eigenvalue weighted by Crippen LogP contribution is 2.32. The number of ketones is 1. The lowest BCUT2D eigenvalue weighted by atomic mass is 10.1. The zero-order valence-corrected chi connectivity index (χ0v) is 13.9. The van der Waals surface area contributed by atoms with Crippen LogP contribution in [0.1, 0.15) is 21.5 Å². The predicted molar refractivity (Wildman–Crippen MR) is 89.4 cm³/mol. The molecule has 0 N–H and O–H groups in total. The average molecular weight is 361 g/mol. The first kappa shape index (κ1) is 15.1.